The SMILES string of the molecule is COc1cc(C)cc2c1S(=O)c1ccc(C(O)CC(C)C)c(OC)c1C(=O)OC2. The minimum Gasteiger partial charge on any atom is -0.495 e. The van der Waals surface area contributed by atoms with Gasteiger partial charge in [-0.25, -0.2) is 9.00 Å². The molecule has 2 aromatic carbocycles. The van der Waals surface area contributed by atoms with Crippen molar-refractivity contribution in [1.29, 1.82) is 0 Å². The van der Waals surface area contributed by atoms with Crippen molar-refractivity contribution in [2.45, 2.75) is 49.7 Å². The maximum atomic E-state index is 13.5. The minimum atomic E-state index is -1.69. The van der Waals surface area contributed by atoms with Crippen molar-refractivity contribution < 1.29 is 28.3 Å². The Labute approximate surface area is 173 Å². The summed E-state index contributed by atoms with van der Waals surface area (Å²) in [6.07, 6.45) is -0.310. The van der Waals surface area contributed by atoms with Crippen LogP contribution in [-0.4, -0.2) is 29.5 Å². The third-order valence-corrected chi connectivity index (χ3v) is 6.43. The standard InChI is InChI=1S/C22H26O6S/c1-12(2)8-16(23)15-6-7-18-19(20(15)27-5)22(24)28-11-14-9-13(3)10-17(26-4)21(14)29(18)25/h6-7,9-10,12,16,23H,8,11H2,1-5H3. The first kappa shape index (κ1) is 21.3. The predicted molar refractivity (Wildman–Crippen MR) is 109 cm³/mol. The number of carbonyl (C=O) groups excluding carboxylic acids is 1. The summed E-state index contributed by atoms with van der Waals surface area (Å²) in [7, 11) is 1.25. The maximum Gasteiger partial charge on any atom is 0.343 e. The lowest BCUT2D eigenvalue weighted by Crippen LogP contribution is -2.18. The Hall–Kier alpha value is -2.38. The van der Waals surface area contributed by atoms with Crippen LogP contribution < -0.4 is 9.47 Å². The molecular weight excluding hydrogens is 392 g/mol. The second-order valence-corrected chi connectivity index (χ2v) is 8.89. The van der Waals surface area contributed by atoms with Crippen LogP contribution in [0.5, 0.6) is 11.5 Å². The van der Waals surface area contributed by atoms with Crippen LogP contribution in [0.1, 0.15) is 53.4 Å². The first-order chi connectivity index (χ1) is 13.8. The third kappa shape index (κ3) is 4.02. The highest BCUT2D eigenvalue weighted by Crippen LogP contribution is 2.41. The summed E-state index contributed by atoms with van der Waals surface area (Å²) >= 11 is 0. The van der Waals surface area contributed by atoms with Gasteiger partial charge in [-0.2, -0.15) is 0 Å². The first-order valence-corrected chi connectivity index (χ1v) is 10.6. The molecule has 0 spiro atoms. The van der Waals surface area contributed by atoms with Gasteiger partial charge in [-0.1, -0.05) is 26.0 Å². The number of fused-ring (bicyclic) bond motifs is 2. The Morgan fingerprint density at radius 1 is 1.21 bits per heavy atom. The van der Waals surface area contributed by atoms with Gasteiger partial charge in [0.15, 0.2) is 0 Å². The third-order valence-electron chi connectivity index (χ3n) is 4.85. The van der Waals surface area contributed by atoms with Crippen molar-refractivity contribution in [2.24, 2.45) is 5.92 Å². The fourth-order valence-electron chi connectivity index (χ4n) is 3.59. The van der Waals surface area contributed by atoms with E-state index in [-0.39, 0.29) is 28.7 Å². The van der Waals surface area contributed by atoms with E-state index in [1.54, 1.807) is 18.2 Å². The fourth-order valence-corrected chi connectivity index (χ4v) is 5.05. The van der Waals surface area contributed by atoms with Crippen molar-refractivity contribution in [2.75, 3.05) is 14.2 Å². The molecule has 1 heterocycles. The van der Waals surface area contributed by atoms with Gasteiger partial charge in [0.1, 0.15) is 23.7 Å². The number of rotatable bonds is 5. The number of carbonyl (C=O) groups is 1. The van der Waals surface area contributed by atoms with Gasteiger partial charge in [0.25, 0.3) is 0 Å². The van der Waals surface area contributed by atoms with Gasteiger partial charge in [0.2, 0.25) is 0 Å². The molecule has 7 heteroatoms. The molecule has 3 rings (SSSR count). The number of methoxy groups -OCH3 is 2. The van der Waals surface area contributed by atoms with Gasteiger partial charge in [0.05, 0.1) is 40.9 Å². The van der Waals surface area contributed by atoms with Gasteiger partial charge in [-0.15, -0.1) is 0 Å². The van der Waals surface area contributed by atoms with E-state index in [1.807, 2.05) is 26.8 Å². The number of ether oxygens (including phenoxy) is 3. The number of hydrogen-bond donors (Lipinski definition) is 1. The molecule has 0 aliphatic carbocycles. The zero-order chi connectivity index (χ0) is 21.3. The van der Waals surface area contributed by atoms with Crippen LogP contribution in [-0.2, 0) is 22.1 Å². The predicted octanol–water partition coefficient (Wildman–Crippen LogP) is 3.93. The molecule has 2 aromatic rings. The van der Waals surface area contributed by atoms with Gasteiger partial charge in [-0.3, -0.25) is 0 Å². The van der Waals surface area contributed by atoms with Crippen LogP contribution in [0.4, 0.5) is 0 Å². The van der Waals surface area contributed by atoms with E-state index in [2.05, 4.69) is 0 Å². The topological polar surface area (TPSA) is 82.1 Å². The summed E-state index contributed by atoms with van der Waals surface area (Å²) in [5.41, 5.74) is 2.12. The molecule has 156 valence electrons. The summed E-state index contributed by atoms with van der Waals surface area (Å²) < 4.78 is 30.0. The molecule has 2 atom stereocenters. The quantitative estimate of drug-likeness (QED) is 0.741. The number of aliphatic hydroxyl groups is 1. The normalized spacial score (nSPS) is 16.9. The number of aliphatic hydroxyl groups excluding tert-OH is 1. The highest BCUT2D eigenvalue weighted by atomic mass is 32.2. The van der Waals surface area contributed by atoms with Crippen molar-refractivity contribution in [3.8, 4) is 11.5 Å². The molecule has 1 N–H and O–H groups in total. The largest absolute Gasteiger partial charge is 0.495 e. The molecule has 2 unspecified atom stereocenters. The molecular formula is C22H26O6S. The lowest BCUT2D eigenvalue weighted by molar-refractivity contribution is 0.0458. The van der Waals surface area contributed by atoms with E-state index >= 15 is 0 Å². The second-order valence-electron chi connectivity index (χ2n) is 7.51. The van der Waals surface area contributed by atoms with Crippen molar-refractivity contribution in [1.82, 2.24) is 0 Å². The van der Waals surface area contributed by atoms with Crippen LogP contribution >= 0.6 is 0 Å². The summed E-state index contributed by atoms with van der Waals surface area (Å²) in [5.74, 6) is 0.292. The zero-order valence-corrected chi connectivity index (χ0v) is 18.1. The van der Waals surface area contributed by atoms with Crippen molar-refractivity contribution >= 4 is 16.8 Å². The number of cyclic esters (lactones) is 1. The van der Waals surface area contributed by atoms with Gasteiger partial charge in [-0.05, 0) is 37.0 Å². The highest BCUT2D eigenvalue weighted by Gasteiger charge is 2.32. The summed E-state index contributed by atoms with van der Waals surface area (Å²) in [6.45, 7) is 5.86. The van der Waals surface area contributed by atoms with Crippen LogP contribution in [0.15, 0.2) is 34.1 Å². The van der Waals surface area contributed by atoms with Crippen LogP contribution in [0.2, 0.25) is 0 Å². The number of esters is 1. The molecule has 1 aliphatic heterocycles. The van der Waals surface area contributed by atoms with Crippen molar-refractivity contribution in [3.05, 3.63) is 46.5 Å². The van der Waals surface area contributed by atoms with Gasteiger partial charge < -0.3 is 19.3 Å². The van der Waals surface area contributed by atoms with Crippen molar-refractivity contribution in [3.63, 3.8) is 0 Å². The van der Waals surface area contributed by atoms with E-state index in [0.29, 0.717) is 28.2 Å². The molecule has 1 aliphatic rings. The molecule has 0 radical (unpaired) electrons. The van der Waals surface area contributed by atoms with Crippen LogP contribution in [0.25, 0.3) is 0 Å². The molecule has 0 amide bonds. The minimum absolute atomic E-state index is 0.0285. The monoisotopic (exact) mass is 418 g/mol. The Balaban J connectivity index is 2.23. The van der Waals surface area contributed by atoms with E-state index in [4.69, 9.17) is 14.2 Å². The van der Waals surface area contributed by atoms with Crippen LogP contribution in [0, 0.1) is 12.8 Å². The van der Waals surface area contributed by atoms with E-state index < -0.39 is 22.9 Å². The summed E-state index contributed by atoms with van der Waals surface area (Å²) in [5, 5.41) is 10.6. The molecule has 0 aromatic heterocycles. The summed E-state index contributed by atoms with van der Waals surface area (Å²) in [4.78, 5) is 13.6. The molecule has 29 heavy (non-hydrogen) atoms. The molecule has 0 saturated carbocycles. The fraction of sp³-hybridized carbons (Fsp3) is 0.409. The van der Waals surface area contributed by atoms with E-state index in [9.17, 15) is 14.1 Å². The van der Waals surface area contributed by atoms with E-state index in [1.165, 1.54) is 14.2 Å². The van der Waals surface area contributed by atoms with Gasteiger partial charge >= 0.3 is 5.97 Å². The molecule has 0 fully saturated rings. The molecule has 6 nitrogen and oxygen atoms in total. The summed E-state index contributed by atoms with van der Waals surface area (Å²) in [6, 6.07) is 6.91. The van der Waals surface area contributed by atoms with Gasteiger partial charge in [0, 0.05) is 11.1 Å². The number of benzene rings is 2. The first-order valence-electron chi connectivity index (χ1n) is 9.43. The smallest absolute Gasteiger partial charge is 0.343 e. The van der Waals surface area contributed by atoms with E-state index in [0.717, 1.165) is 5.56 Å². The lowest BCUT2D eigenvalue weighted by Gasteiger charge is -2.23. The highest BCUT2D eigenvalue weighted by molar-refractivity contribution is 7.85. The molecule has 0 saturated heterocycles. The Bertz CT molecular complexity index is 966. The Kier molecular flexibility index (Phi) is 6.29. The average Bonchev–Trinajstić information content (AvgIpc) is 2.68. The second kappa shape index (κ2) is 8.55. The Morgan fingerprint density at radius 3 is 2.55 bits per heavy atom. The van der Waals surface area contributed by atoms with Crippen LogP contribution in [0.3, 0.4) is 0 Å². The Morgan fingerprint density at radius 2 is 1.93 bits per heavy atom. The number of aryl methyl sites for hydroxylation is 1. The average molecular weight is 419 g/mol. The molecule has 0 bridgehead atoms. The maximum absolute atomic E-state index is 13.5. The zero-order valence-electron chi connectivity index (χ0n) is 17.3. The lowest BCUT2D eigenvalue weighted by atomic mass is 9.97. The number of hydrogen-bond acceptors (Lipinski definition) is 6.